The lowest BCUT2D eigenvalue weighted by molar-refractivity contribution is -0.154. The van der Waals surface area contributed by atoms with E-state index in [0.717, 1.165) is 9.78 Å². The number of aryl methyl sites for hydroxylation is 1. The molecule has 7 nitrogen and oxygen atoms in total. The van der Waals surface area contributed by atoms with Crippen LogP contribution in [0.15, 0.2) is 12.1 Å². The second-order valence-electron chi connectivity index (χ2n) is 5.87. The molecule has 15 heteroatoms. The smallest absolute Gasteiger partial charge is 0.422 e. The zero-order valence-corrected chi connectivity index (χ0v) is 17.5. The van der Waals surface area contributed by atoms with E-state index in [9.17, 15) is 31.1 Å². The summed E-state index contributed by atoms with van der Waals surface area (Å²) < 4.78 is 83.1. The molecule has 2 aromatic heterocycles. The van der Waals surface area contributed by atoms with E-state index in [1.54, 1.807) is 0 Å². The van der Waals surface area contributed by atoms with Gasteiger partial charge < -0.3 is 9.47 Å². The maximum absolute atomic E-state index is 12.4. The van der Waals surface area contributed by atoms with E-state index in [-0.39, 0.29) is 0 Å². The van der Waals surface area contributed by atoms with Crippen molar-refractivity contribution in [3.63, 3.8) is 0 Å². The van der Waals surface area contributed by atoms with Gasteiger partial charge in [-0.05, 0) is 12.5 Å². The Kier molecular flexibility index (Phi) is 7.81. The minimum atomic E-state index is -4.73. The first-order valence-corrected chi connectivity index (χ1v) is 9.58. The zero-order valence-electron chi connectivity index (χ0n) is 15.9. The number of alkyl halides is 6. The zero-order chi connectivity index (χ0) is 23.4. The number of thiophene rings is 1. The molecule has 2 heterocycles. The number of carbonyl (C=O) groups is 1. The van der Waals surface area contributed by atoms with Crippen molar-refractivity contribution in [3.8, 4) is 11.8 Å². The molecular weight excluding hydrogens is 478 g/mol. The van der Waals surface area contributed by atoms with E-state index < -0.39 is 49.3 Å². The Hall–Kier alpha value is -2.48. The summed E-state index contributed by atoms with van der Waals surface area (Å²) in [5.74, 6) is -2.10. The molecule has 1 N–H and O–H groups in total. The van der Waals surface area contributed by atoms with Crippen molar-refractivity contribution in [1.82, 2.24) is 9.97 Å². The fourth-order valence-corrected chi connectivity index (χ4v) is 3.37. The van der Waals surface area contributed by atoms with Gasteiger partial charge in [0.15, 0.2) is 13.2 Å². The van der Waals surface area contributed by atoms with Gasteiger partial charge in [-0.1, -0.05) is 18.5 Å². The summed E-state index contributed by atoms with van der Waals surface area (Å²) in [5, 5.41) is 3.06. The summed E-state index contributed by atoms with van der Waals surface area (Å²) in [6.45, 7) is -1.66. The highest BCUT2D eigenvalue weighted by molar-refractivity contribution is 7.16. The number of amides is 2. The van der Waals surface area contributed by atoms with Gasteiger partial charge in [-0.25, -0.2) is 4.79 Å². The van der Waals surface area contributed by atoms with Crippen LogP contribution in [0.5, 0.6) is 11.8 Å². The Bertz CT molecular complexity index is 885. The van der Waals surface area contributed by atoms with Crippen molar-refractivity contribution < 1.29 is 40.6 Å². The lowest BCUT2D eigenvalue weighted by atomic mass is 10.4. The van der Waals surface area contributed by atoms with Crippen molar-refractivity contribution in [1.29, 1.82) is 0 Å². The van der Waals surface area contributed by atoms with Crippen molar-refractivity contribution in [2.24, 2.45) is 0 Å². The topological polar surface area (TPSA) is 76.6 Å². The Labute approximate surface area is 180 Å². The number of nitrogens with one attached hydrogen (secondary N) is 1. The normalized spacial score (nSPS) is 11.9. The van der Waals surface area contributed by atoms with Gasteiger partial charge in [0.05, 0.1) is 11.1 Å². The fourth-order valence-electron chi connectivity index (χ4n) is 2.00. The second kappa shape index (κ2) is 9.77. The highest BCUT2D eigenvalue weighted by Gasteiger charge is 2.30. The van der Waals surface area contributed by atoms with Crippen LogP contribution in [-0.4, -0.2) is 48.6 Å². The van der Waals surface area contributed by atoms with Gasteiger partial charge in [-0.2, -0.15) is 36.3 Å². The van der Waals surface area contributed by atoms with Crippen LogP contribution in [0.4, 0.5) is 42.1 Å². The quantitative estimate of drug-likeness (QED) is 0.530. The van der Waals surface area contributed by atoms with E-state index in [0.29, 0.717) is 22.5 Å². The lowest BCUT2D eigenvalue weighted by Crippen LogP contribution is -2.31. The van der Waals surface area contributed by atoms with Gasteiger partial charge in [-0.15, -0.1) is 11.3 Å². The van der Waals surface area contributed by atoms with Gasteiger partial charge in [0.25, 0.3) is 0 Å². The van der Waals surface area contributed by atoms with E-state index in [4.69, 9.17) is 11.6 Å². The lowest BCUT2D eigenvalue weighted by Gasteiger charge is -2.16. The van der Waals surface area contributed by atoms with Crippen molar-refractivity contribution in [2.45, 2.75) is 25.7 Å². The predicted octanol–water partition coefficient (Wildman–Crippen LogP) is 5.30. The summed E-state index contributed by atoms with van der Waals surface area (Å²) >= 11 is 7.28. The summed E-state index contributed by atoms with van der Waals surface area (Å²) in [7, 11) is 1.38. The maximum atomic E-state index is 12.4. The van der Waals surface area contributed by atoms with Gasteiger partial charge in [0.1, 0.15) is 5.00 Å². The number of carbonyl (C=O) groups excluding carboxylic acids is 1. The first-order valence-electron chi connectivity index (χ1n) is 8.38. The minimum absolute atomic E-state index is 0.442. The summed E-state index contributed by atoms with van der Waals surface area (Å²) in [4.78, 5) is 21.5. The highest BCUT2D eigenvalue weighted by atomic mass is 35.5. The second-order valence-corrected chi connectivity index (χ2v) is 7.40. The van der Waals surface area contributed by atoms with E-state index in [1.807, 2.05) is 6.92 Å². The summed E-state index contributed by atoms with van der Waals surface area (Å²) in [6.07, 6.45) is -8.82. The molecule has 0 saturated carbocycles. The molecule has 172 valence electrons. The molecule has 2 amide bonds. The summed E-state index contributed by atoms with van der Waals surface area (Å²) in [6, 6.07) is 1.35. The van der Waals surface area contributed by atoms with Crippen molar-refractivity contribution in [2.75, 3.05) is 30.5 Å². The molecule has 31 heavy (non-hydrogen) atoms. The van der Waals surface area contributed by atoms with Gasteiger partial charge in [0.2, 0.25) is 17.7 Å². The van der Waals surface area contributed by atoms with Crippen LogP contribution >= 0.6 is 22.9 Å². The number of urea groups is 1. The molecule has 0 atom stereocenters. The number of halogens is 7. The monoisotopic (exact) mass is 492 g/mol. The average Bonchev–Trinajstić information content (AvgIpc) is 3.03. The molecule has 0 unspecified atom stereocenters. The Morgan fingerprint density at radius 2 is 1.61 bits per heavy atom. The highest BCUT2D eigenvalue weighted by Crippen LogP contribution is 2.33. The molecule has 0 aliphatic heterocycles. The number of rotatable bonds is 7. The molecule has 2 rings (SSSR count). The maximum Gasteiger partial charge on any atom is 0.422 e. The molecule has 0 aliphatic carbocycles. The minimum Gasteiger partial charge on any atom is -0.468 e. The molecule has 0 bridgehead atoms. The van der Waals surface area contributed by atoms with Gasteiger partial charge in [-0.3, -0.25) is 10.2 Å². The third-order valence-electron chi connectivity index (χ3n) is 3.37. The first kappa shape index (κ1) is 24.8. The number of nitrogens with zero attached hydrogens (tertiary/aromatic N) is 3. The summed E-state index contributed by atoms with van der Waals surface area (Å²) in [5.41, 5.74) is 0. The Balaban J connectivity index is 2.22. The molecule has 0 fully saturated rings. The van der Waals surface area contributed by atoms with E-state index in [1.165, 1.54) is 24.5 Å². The number of hydrogen-bond donors (Lipinski definition) is 1. The fraction of sp³-hybridized carbons (Fsp3) is 0.438. The van der Waals surface area contributed by atoms with Crippen LogP contribution in [0.3, 0.4) is 0 Å². The standard InChI is InChI=1S/C16H15ClF6N4O3S/c1-3-9-8(17)4-12(31-9)27(2)14(28)26-13-24-10(29-6-15(18,19)20)5-11(25-13)30-7-16(21,22)23/h4-5H,3,6-7H2,1-2H3,(H,24,25,26,28). The van der Waals surface area contributed by atoms with Gasteiger partial charge in [0, 0.05) is 11.9 Å². The largest absolute Gasteiger partial charge is 0.468 e. The van der Waals surface area contributed by atoms with Crippen LogP contribution in [0, 0.1) is 0 Å². The number of aromatic nitrogens is 2. The van der Waals surface area contributed by atoms with E-state index >= 15 is 0 Å². The Morgan fingerprint density at radius 1 is 1.10 bits per heavy atom. The SMILES string of the molecule is CCc1sc(N(C)C(=O)Nc2nc(OCC(F)(F)F)cc(OCC(F)(F)F)n2)cc1Cl. The third-order valence-corrected chi connectivity index (χ3v) is 5.17. The number of anilines is 2. The molecule has 0 aliphatic rings. The van der Waals surface area contributed by atoms with Crippen molar-refractivity contribution >= 4 is 39.9 Å². The predicted molar refractivity (Wildman–Crippen MR) is 101 cm³/mol. The van der Waals surface area contributed by atoms with Crippen LogP contribution in [-0.2, 0) is 6.42 Å². The van der Waals surface area contributed by atoms with Gasteiger partial charge >= 0.3 is 18.4 Å². The molecular formula is C16H15ClF6N4O3S. The van der Waals surface area contributed by atoms with Crippen molar-refractivity contribution in [3.05, 3.63) is 22.0 Å². The average molecular weight is 493 g/mol. The molecule has 0 aromatic carbocycles. The molecule has 0 saturated heterocycles. The first-order chi connectivity index (χ1) is 14.3. The molecule has 0 radical (unpaired) electrons. The van der Waals surface area contributed by atoms with E-state index in [2.05, 4.69) is 24.8 Å². The Morgan fingerprint density at radius 3 is 2.03 bits per heavy atom. The third kappa shape index (κ3) is 7.94. The van der Waals surface area contributed by atoms with Crippen LogP contribution in [0.1, 0.15) is 11.8 Å². The number of ether oxygens (including phenoxy) is 2. The molecule has 0 spiro atoms. The van der Waals surface area contributed by atoms with Crippen LogP contribution < -0.4 is 19.7 Å². The van der Waals surface area contributed by atoms with Crippen LogP contribution in [0.25, 0.3) is 0 Å². The van der Waals surface area contributed by atoms with Crippen LogP contribution in [0.2, 0.25) is 5.02 Å². The molecule has 2 aromatic rings. The number of hydrogen-bond acceptors (Lipinski definition) is 6.